The topological polar surface area (TPSA) is 46.3 Å². The molecule has 0 aromatic heterocycles. The predicted octanol–water partition coefficient (Wildman–Crippen LogP) is 2.55. The molecule has 3 heteroatoms. The Hall–Kier alpha value is -1.35. The highest BCUT2D eigenvalue weighted by Crippen LogP contribution is 2.38. The van der Waals surface area contributed by atoms with E-state index < -0.39 is 0 Å². The summed E-state index contributed by atoms with van der Waals surface area (Å²) in [5.41, 5.74) is 7.28. The Kier molecular flexibility index (Phi) is 3.78. The van der Waals surface area contributed by atoms with Crippen molar-refractivity contribution in [2.75, 3.05) is 13.1 Å². The molecule has 2 N–H and O–H groups in total. The molecule has 1 saturated heterocycles. The van der Waals surface area contributed by atoms with E-state index in [9.17, 15) is 4.79 Å². The summed E-state index contributed by atoms with van der Waals surface area (Å²) in [6.07, 6.45) is 2.90. The molecule has 1 aromatic carbocycles. The number of carbonyl (C=O) groups excluding carboxylic acids is 1. The highest BCUT2D eigenvalue weighted by molar-refractivity contribution is 5.78. The van der Waals surface area contributed by atoms with Crippen LogP contribution in [0, 0.1) is 11.8 Å². The Labute approximate surface area is 127 Å². The van der Waals surface area contributed by atoms with Crippen molar-refractivity contribution >= 4 is 5.91 Å². The summed E-state index contributed by atoms with van der Waals surface area (Å²) in [5.74, 6) is 1.46. The lowest BCUT2D eigenvalue weighted by atomic mass is 9.81. The second kappa shape index (κ2) is 5.45. The van der Waals surface area contributed by atoms with Crippen LogP contribution in [0.15, 0.2) is 30.3 Å². The van der Waals surface area contributed by atoms with Crippen LogP contribution in [0.3, 0.4) is 0 Å². The summed E-state index contributed by atoms with van der Waals surface area (Å²) in [7, 11) is 0. The Morgan fingerprint density at radius 2 is 1.95 bits per heavy atom. The maximum atomic E-state index is 12.7. The summed E-state index contributed by atoms with van der Waals surface area (Å²) in [5, 5.41) is 0. The van der Waals surface area contributed by atoms with E-state index in [1.807, 2.05) is 18.2 Å². The van der Waals surface area contributed by atoms with Crippen molar-refractivity contribution in [2.24, 2.45) is 17.6 Å². The van der Waals surface area contributed by atoms with Gasteiger partial charge in [0.05, 0.1) is 0 Å². The molecule has 1 heterocycles. The van der Waals surface area contributed by atoms with Crippen molar-refractivity contribution in [1.82, 2.24) is 4.90 Å². The Balaban J connectivity index is 1.65. The van der Waals surface area contributed by atoms with Crippen LogP contribution in [0.25, 0.3) is 0 Å². The van der Waals surface area contributed by atoms with Gasteiger partial charge in [0.1, 0.15) is 0 Å². The average molecular weight is 286 g/mol. The van der Waals surface area contributed by atoms with Gasteiger partial charge in [-0.3, -0.25) is 4.79 Å². The molecule has 1 aliphatic heterocycles. The van der Waals surface area contributed by atoms with Crippen LogP contribution < -0.4 is 5.73 Å². The van der Waals surface area contributed by atoms with Crippen molar-refractivity contribution < 1.29 is 4.79 Å². The van der Waals surface area contributed by atoms with Gasteiger partial charge in [-0.25, -0.2) is 0 Å². The molecule has 1 amide bonds. The molecule has 0 spiro atoms. The first-order valence-corrected chi connectivity index (χ1v) is 8.06. The van der Waals surface area contributed by atoms with Gasteiger partial charge in [-0.1, -0.05) is 44.2 Å². The molecule has 0 radical (unpaired) electrons. The molecule has 114 valence electrons. The summed E-state index contributed by atoms with van der Waals surface area (Å²) in [6, 6.07) is 10.6. The van der Waals surface area contributed by atoms with Crippen molar-refractivity contribution in [3.63, 3.8) is 0 Å². The number of carbonyl (C=O) groups is 1. The average Bonchev–Trinajstić information content (AvgIpc) is 3.02. The molecule has 1 saturated carbocycles. The molecule has 1 aromatic rings. The number of hydrogen-bond acceptors (Lipinski definition) is 2. The zero-order valence-corrected chi connectivity index (χ0v) is 13.1. The lowest BCUT2D eigenvalue weighted by Gasteiger charge is -2.28. The molecule has 2 aliphatic rings. The molecular formula is C18H26N2O. The molecule has 1 aliphatic carbocycles. The van der Waals surface area contributed by atoms with Gasteiger partial charge in [-0.15, -0.1) is 0 Å². The van der Waals surface area contributed by atoms with Gasteiger partial charge in [-0.05, 0) is 35.7 Å². The van der Waals surface area contributed by atoms with Gasteiger partial charge in [0.25, 0.3) is 0 Å². The van der Waals surface area contributed by atoms with Crippen LogP contribution in [-0.2, 0) is 10.2 Å². The van der Waals surface area contributed by atoms with E-state index in [0.29, 0.717) is 24.3 Å². The van der Waals surface area contributed by atoms with E-state index in [0.717, 1.165) is 19.5 Å². The van der Waals surface area contributed by atoms with E-state index in [1.54, 1.807) is 0 Å². The first-order chi connectivity index (χ1) is 9.97. The van der Waals surface area contributed by atoms with Gasteiger partial charge in [0.15, 0.2) is 0 Å². The fraction of sp³-hybridized carbons (Fsp3) is 0.611. The number of nitrogens with zero attached hydrogens (tertiary/aromatic N) is 1. The molecule has 3 atom stereocenters. The minimum Gasteiger partial charge on any atom is -0.342 e. The molecule has 3 unspecified atom stereocenters. The third kappa shape index (κ3) is 2.84. The molecule has 2 fully saturated rings. The van der Waals surface area contributed by atoms with Gasteiger partial charge in [-0.2, -0.15) is 0 Å². The molecular weight excluding hydrogens is 260 g/mol. The molecule has 0 bridgehead atoms. The zero-order chi connectivity index (χ0) is 15.0. The number of rotatable bonds is 3. The number of fused-ring (bicyclic) bond motifs is 1. The molecule has 3 nitrogen and oxygen atoms in total. The third-order valence-corrected chi connectivity index (χ3v) is 5.41. The zero-order valence-electron chi connectivity index (χ0n) is 13.1. The van der Waals surface area contributed by atoms with E-state index in [4.69, 9.17) is 5.73 Å². The third-order valence-electron chi connectivity index (χ3n) is 5.41. The number of nitrogens with two attached hydrogens (primary N) is 1. The highest BCUT2D eigenvalue weighted by atomic mass is 16.2. The minimum absolute atomic E-state index is 0.113. The summed E-state index contributed by atoms with van der Waals surface area (Å²) in [4.78, 5) is 14.7. The van der Waals surface area contributed by atoms with Crippen LogP contribution in [0.1, 0.15) is 38.7 Å². The lowest BCUT2D eigenvalue weighted by Crippen LogP contribution is -2.36. The molecule has 21 heavy (non-hydrogen) atoms. The minimum atomic E-state index is -0.113. The SMILES string of the molecule is CC(C)(CC(=O)N1CC2CCC(N)C2C1)c1ccccc1. The number of benzene rings is 1. The van der Waals surface area contributed by atoms with E-state index in [-0.39, 0.29) is 11.3 Å². The fourth-order valence-corrected chi connectivity index (χ4v) is 3.99. The second-order valence-electron chi connectivity index (χ2n) is 7.39. The van der Waals surface area contributed by atoms with E-state index in [2.05, 4.69) is 30.9 Å². The standard InChI is InChI=1S/C18H26N2O/c1-18(2,14-6-4-3-5-7-14)10-17(21)20-11-13-8-9-16(19)15(13)12-20/h3-7,13,15-16H,8-12,19H2,1-2H3. The Morgan fingerprint density at radius 3 is 2.62 bits per heavy atom. The smallest absolute Gasteiger partial charge is 0.223 e. The number of hydrogen-bond donors (Lipinski definition) is 1. The Morgan fingerprint density at radius 1 is 1.24 bits per heavy atom. The van der Waals surface area contributed by atoms with Crippen LogP contribution in [-0.4, -0.2) is 29.9 Å². The highest BCUT2D eigenvalue weighted by Gasteiger charge is 2.43. The normalized spacial score (nSPS) is 28.7. The lowest BCUT2D eigenvalue weighted by molar-refractivity contribution is -0.131. The van der Waals surface area contributed by atoms with E-state index in [1.165, 1.54) is 12.0 Å². The quantitative estimate of drug-likeness (QED) is 0.928. The summed E-state index contributed by atoms with van der Waals surface area (Å²) < 4.78 is 0. The van der Waals surface area contributed by atoms with Crippen LogP contribution >= 0.6 is 0 Å². The van der Waals surface area contributed by atoms with Crippen molar-refractivity contribution in [3.8, 4) is 0 Å². The summed E-state index contributed by atoms with van der Waals surface area (Å²) >= 11 is 0. The largest absolute Gasteiger partial charge is 0.342 e. The number of amides is 1. The van der Waals surface area contributed by atoms with Crippen LogP contribution in [0.5, 0.6) is 0 Å². The van der Waals surface area contributed by atoms with Gasteiger partial charge >= 0.3 is 0 Å². The van der Waals surface area contributed by atoms with Crippen LogP contribution in [0.2, 0.25) is 0 Å². The van der Waals surface area contributed by atoms with Crippen molar-refractivity contribution in [2.45, 2.75) is 44.6 Å². The maximum Gasteiger partial charge on any atom is 0.223 e. The maximum absolute atomic E-state index is 12.7. The Bertz CT molecular complexity index is 511. The molecule has 3 rings (SSSR count). The predicted molar refractivity (Wildman–Crippen MR) is 84.9 cm³/mol. The fourth-order valence-electron chi connectivity index (χ4n) is 3.99. The van der Waals surface area contributed by atoms with Crippen molar-refractivity contribution in [1.29, 1.82) is 0 Å². The van der Waals surface area contributed by atoms with Crippen molar-refractivity contribution in [3.05, 3.63) is 35.9 Å². The van der Waals surface area contributed by atoms with Gasteiger partial charge in [0.2, 0.25) is 5.91 Å². The van der Waals surface area contributed by atoms with Gasteiger partial charge in [0, 0.05) is 25.6 Å². The van der Waals surface area contributed by atoms with Gasteiger partial charge < -0.3 is 10.6 Å². The van der Waals surface area contributed by atoms with Crippen LogP contribution in [0.4, 0.5) is 0 Å². The second-order valence-corrected chi connectivity index (χ2v) is 7.39. The number of likely N-dealkylation sites (tertiary alicyclic amines) is 1. The first-order valence-electron chi connectivity index (χ1n) is 8.06. The summed E-state index contributed by atoms with van der Waals surface area (Å²) in [6.45, 7) is 6.10. The van der Waals surface area contributed by atoms with E-state index >= 15 is 0 Å². The monoisotopic (exact) mass is 286 g/mol. The first kappa shape index (κ1) is 14.6.